The number of benzene rings is 1. The van der Waals surface area contributed by atoms with Crippen LogP contribution in [-0.2, 0) is 0 Å². The first-order chi connectivity index (χ1) is 8.95. The maximum atomic E-state index is 3.44. The van der Waals surface area contributed by atoms with Crippen LogP contribution in [0.2, 0.25) is 0 Å². The van der Waals surface area contributed by atoms with E-state index in [0.29, 0.717) is 6.04 Å². The van der Waals surface area contributed by atoms with Crippen LogP contribution in [0.5, 0.6) is 0 Å². The van der Waals surface area contributed by atoms with Crippen LogP contribution in [-0.4, -0.2) is 31.1 Å². The molecule has 1 aliphatic rings. The van der Waals surface area contributed by atoms with Gasteiger partial charge in [0.05, 0.1) is 0 Å². The van der Waals surface area contributed by atoms with Gasteiger partial charge >= 0.3 is 0 Å². The van der Waals surface area contributed by atoms with Gasteiger partial charge in [-0.05, 0) is 74.9 Å². The van der Waals surface area contributed by atoms with Gasteiger partial charge < -0.3 is 5.32 Å². The molecule has 106 valence electrons. The minimum atomic E-state index is 0.528. The van der Waals surface area contributed by atoms with Crippen LogP contribution in [0.25, 0.3) is 0 Å². The van der Waals surface area contributed by atoms with Crippen molar-refractivity contribution in [3.63, 3.8) is 0 Å². The number of hydrogen-bond acceptors (Lipinski definition) is 2. The topological polar surface area (TPSA) is 15.3 Å². The van der Waals surface area contributed by atoms with Gasteiger partial charge in [-0.15, -0.1) is 0 Å². The molecule has 0 aliphatic carbocycles. The standard InChI is InChI=1S/C17H28N2/c1-11-12(2)14(4)17(15(5)13(11)3)16(6)19-9-7-18-8-10-19/h16,18H,7-10H2,1-6H3/t16-/m1/s1. The van der Waals surface area contributed by atoms with E-state index in [1.54, 1.807) is 5.56 Å². The predicted octanol–water partition coefficient (Wildman–Crippen LogP) is 3.19. The SMILES string of the molecule is Cc1c(C)c(C)c([C@@H](C)N2CCNCC2)c(C)c1C. The molecule has 1 aliphatic heterocycles. The highest BCUT2D eigenvalue weighted by molar-refractivity contribution is 5.50. The van der Waals surface area contributed by atoms with Crippen LogP contribution in [0.15, 0.2) is 0 Å². The first-order valence-electron chi connectivity index (χ1n) is 7.46. The van der Waals surface area contributed by atoms with Crippen molar-refractivity contribution < 1.29 is 0 Å². The van der Waals surface area contributed by atoms with Gasteiger partial charge in [-0.3, -0.25) is 4.90 Å². The molecule has 0 amide bonds. The molecule has 0 aromatic heterocycles. The average Bonchev–Trinajstić information content (AvgIpc) is 2.44. The summed E-state index contributed by atoms with van der Waals surface area (Å²) < 4.78 is 0. The highest BCUT2D eigenvalue weighted by Gasteiger charge is 2.23. The molecule has 0 spiro atoms. The summed E-state index contributed by atoms with van der Waals surface area (Å²) in [5, 5.41) is 3.44. The minimum Gasteiger partial charge on any atom is -0.314 e. The fourth-order valence-corrected chi connectivity index (χ4v) is 3.41. The van der Waals surface area contributed by atoms with E-state index in [1.807, 2.05) is 0 Å². The fraction of sp³-hybridized carbons (Fsp3) is 0.647. The Kier molecular flexibility index (Phi) is 4.32. The largest absolute Gasteiger partial charge is 0.314 e. The predicted molar refractivity (Wildman–Crippen MR) is 83.0 cm³/mol. The second kappa shape index (κ2) is 5.64. The third kappa shape index (κ3) is 2.56. The van der Waals surface area contributed by atoms with Gasteiger partial charge in [-0.2, -0.15) is 0 Å². The Morgan fingerprint density at radius 2 is 1.21 bits per heavy atom. The van der Waals surface area contributed by atoms with Gasteiger partial charge in [0.2, 0.25) is 0 Å². The molecule has 0 unspecified atom stereocenters. The molecule has 2 rings (SSSR count). The van der Waals surface area contributed by atoms with Crippen LogP contribution >= 0.6 is 0 Å². The molecule has 1 heterocycles. The van der Waals surface area contributed by atoms with Crippen LogP contribution in [0.3, 0.4) is 0 Å². The van der Waals surface area contributed by atoms with Crippen molar-refractivity contribution in [3.05, 3.63) is 33.4 Å². The average molecular weight is 260 g/mol. The molecule has 1 atom stereocenters. The van der Waals surface area contributed by atoms with E-state index >= 15 is 0 Å². The molecular weight excluding hydrogens is 232 g/mol. The summed E-state index contributed by atoms with van der Waals surface area (Å²) in [6.07, 6.45) is 0. The van der Waals surface area contributed by atoms with E-state index in [9.17, 15) is 0 Å². The Hall–Kier alpha value is -0.860. The van der Waals surface area contributed by atoms with Crippen molar-refractivity contribution in [1.82, 2.24) is 10.2 Å². The molecule has 1 saturated heterocycles. The summed E-state index contributed by atoms with van der Waals surface area (Å²) in [4.78, 5) is 2.61. The first-order valence-corrected chi connectivity index (χ1v) is 7.46. The molecule has 0 bridgehead atoms. The fourth-order valence-electron chi connectivity index (χ4n) is 3.41. The summed E-state index contributed by atoms with van der Waals surface area (Å²) in [5.41, 5.74) is 8.95. The molecule has 2 heteroatoms. The van der Waals surface area contributed by atoms with Crippen LogP contribution in [0.4, 0.5) is 0 Å². The lowest BCUT2D eigenvalue weighted by molar-refractivity contribution is 0.184. The van der Waals surface area contributed by atoms with Crippen molar-refractivity contribution in [2.24, 2.45) is 0 Å². The lowest BCUT2D eigenvalue weighted by Gasteiger charge is -2.35. The maximum absolute atomic E-state index is 3.44. The lowest BCUT2D eigenvalue weighted by atomic mass is 9.86. The number of rotatable bonds is 2. The summed E-state index contributed by atoms with van der Waals surface area (Å²) in [6.45, 7) is 18.3. The van der Waals surface area contributed by atoms with E-state index in [0.717, 1.165) is 26.2 Å². The minimum absolute atomic E-state index is 0.528. The van der Waals surface area contributed by atoms with Gasteiger partial charge in [-0.25, -0.2) is 0 Å². The van der Waals surface area contributed by atoms with Gasteiger partial charge in [0.1, 0.15) is 0 Å². The van der Waals surface area contributed by atoms with Crippen molar-refractivity contribution in [2.75, 3.05) is 26.2 Å². The third-order valence-corrected chi connectivity index (χ3v) is 5.18. The van der Waals surface area contributed by atoms with Crippen molar-refractivity contribution in [3.8, 4) is 0 Å². The molecular formula is C17H28N2. The molecule has 1 aromatic rings. The highest BCUT2D eigenvalue weighted by atomic mass is 15.2. The summed E-state index contributed by atoms with van der Waals surface area (Å²) >= 11 is 0. The smallest absolute Gasteiger partial charge is 0.0326 e. The van der Waals surface area contributed by atoms with E-state index in [4.69, 9.17) is 0 Å². The number of nitrogens with one attached hydrogen (secondary N) is 1. The maximum Gasteiger partial charge on any atom is 0.0326 e. The Labute approximate surface area is 118 Å². The van der Waals surface area contributed by atoms with E-state index in [1.165, 1.54) is 27.8 Å². The molecule has 1 N–H and O–H groups in total. The monoisotopic (exact) mass is 260 g/mol. The Bertz CT molecular complexity index is 442. The lowest BCUT2D eigenvalue weighted by Crippen LogP contribution is -2.44. The van der Waals surface area contributed by atoms with Crippen molar-refractivity contribution in [1.29, 1.82) is 0 Å². The number of piperazine rings is 1. The Morgan fingerprint density at radius 1 is 0.789 bits per heavy atom. The molecule has 19 heavy (non-hydrogen) atoms. The molecule has 1 fully saturated rings. The normalized spacial score (nSPS) is 18.6. The van der Waals surface area contributed by atoms with Gasteiger partial charge in [0.15, 0.2) is 0 Å². The van der Waals surface area contributed by atoms with Crippen molar-refractivity contribution >= 4 is 0 Å². The van der Waals surface area contributed by atoms with E-state index in [2.05, 4.69) is 51.8 Å². The van der Waals surface area contributed by atoms with Gasteiger partial charge in [0, 0.05) is 32.2 Å². The van der Waals surface area contributed by atoms with Gasteiger partial charge in [-0.1, -0.05) is 0 Å². The van der Waals surface area contributed by atoms with Crippen LogP contribution in [0.1, 0.15) is 46.3 Å². The molecule has 1 aromatic carbocycles. The summed E-state index contributed by atoms with van der Waals surface area (Å²) in [5.74, 6) is 0. The zero-order chi connectivity index (χ0) is 14.2. The van der Waals surface area contributed by atoms with E-state index < -0.39 is 0 Å². The zero-order valence-electron chi connectivity index (χ0n) is 13.4. The van der Waals surface area contributed by atoms with E-state index in [-0.39, 0.29) is 0 Å². The Morgan fingerprint density at radius 3 is 1.68 bits per heavy atom. The first kappa shape index (κ1) is 14.5. The number of hydrogen-bond donors (Lipinski definition) is 1. The third-order valence-electron chi connectivity index (χ3n) is 5.18. The second-order valence-corrected chi connectivity index (χ2v) is 6.00. The summed E-state index contributed by atoms with van der Waals surface area (Å²) in [7, 11) is 0. The molecule has 0 radical (unpaired) electrons. The Balaban J connectivity index is 2.43. The quantitative estimate of drug-likeness (QED) is 0.878. The molecule has 0 saturated carbocycles. The second-order valence-electron chi connectivity index (χ2n) is 6.00. The number of nitrogens with zero attached hydrogens (tertiary/aromatic N) is 1. The molecule has 2 nitrogen and oxygen atoms in total. The highest BCUT2D eigenvalue weighted by Crippen LogP contribution is 2.33. The van der Waals surface area contributed by atoms with Crippen LogP contribution < -0.4 is 5.32 Å². The zero-order valence-corrected chi connectivity index (χ0v) is 13.4. The van der Waals surface area contributed by atoms with Gasteiger partial charge in [0.25, 0.3) is 0 Å². The van der Waals surface area contributed by atoms with Crippen molar-refractivity contribution in [2.45, 2.75) is 47.6 Å². The van der Waals surface area contributed by atoms with Crippen LogP contribution in [0, 0.1) is 34.6 Å². The summed E-state index contributed by atoms with van der Waals surface area (Å²) in [6, 6.07) is 0.528.